The van der Waals surface area contributed by atoms with E-state index in [1.807, 2.05) is 0 Å². The van der Waals surface area contributed by atoms with E-state index in [9.17, 15) is 0 Å². The second-order valence-corrected chi connectivity index (χ2v) is 4.09. The number of methoxy groups -OCH3 is 1. The Hall–Kier alpha value is -0.610. The molecule has 1 aromatic rings. The molecule has 1 aromatic heterocycles. The van der Waals surface area contributed by atoms with Crippen molar-refractivity contribution < 1.29 is 4.74 Å². The molecule has 0 saturated carbocycles. The van der Waals surface area contributed by atoms with Crippen molar-refractivity contribution in [1.29, 1.82) is 0 Å². The number of nitrogens with zero attached hydrogens (tertiary/aromatic N) is 2. The average Bonchev–Trinajstić information content (AvgIpc) is 2.70. The van der Waals surface area contributed by atoms with Gasteiger partial charge in [0.05, 0.1) is 12.3 Å². The van der Waals surface area contributed by atoms with Crippen LogP contribution in [0.2, 0.25) is 0 Å². The van der Waals surface area contributed by atoms with Gasteiger partial charge < -0.3 is 9.64 Å². The zero-order chi connectivity index (χ0) is 9.10. The summed E-state index contributed by atoms with van der Waals surface area (Å²) in [7, 11) is 1.70. The van der Waals surface area contributed by atoms with Gasteiger partial charge in [-0.1, -0.05) is 0 Å². The molecule has 1 aliphatic heterocycles. The van der Waals surface area contributed by atoms with Gasteiger partial charge in [-0.05, 0) is 12.8 Å². The maximum atomic E-state index is 5.03. The van der Waals surface area contributed by atoms with E-state index in [2.05, 4.69) is 15.3 Å². The maximum Gasteiger partial charge on any atom is 0.185 e. The van der Waals surface area contributed by atoms with E-state index >= 15 is 0 Å². The summed E-state index contributed by atoms with van der Waals surface area (Å²) < 4.78 is 5.03. The standard InChI is InChI=1S/C9H14N2OS/c1-12-6-8-7-13-9(10-8)11-4-2-3-5-11/h7H,2-6H2,1H3. The molecule has 2 heterocycles. The average molecular weight is 198 g/mol. The van der Waals surface area contributed by atoms with Crippen LogP contribution >= 0.6 is 11.3 Å². The van der Waals surface area contributed by atoms with Gasteiger partial charge in [0.15, 0.2) is 5.13 Å². The molecule has 0 N–H and O–H groups in total. The first-order valence-corrected chi connectivity index (χ1v) is 5.46. The minimum absolute atomic E-state index is 0.629. The van der Waals surface area contributed by atoms with Crippen molar-refractivity contribution in [2.24, 2.45) is 0 Å². The Morgan fingerprint density at radius 2 is 2.31 bits per heavy atom. The van der Waals surface area contributed by atoms with Crippen LogP contribution in [0, 0.1) is 0 Å². The highest BCUT2D eigenvalue weighted by Crippen LogP contribution is 2.24. The SMILES string of the molecule is COCc1csc(N2CCCC2)n1. The first kappa shape index (κ1) is 8.97. The summed E-state index contributed by atoms with van der Waals surface area (Å²) in [6.07, 6.45) is 2.61. The molecule has 0 aromatic carbocycles. The highest BCUT2D eigenvalue weighted by atomic mass is 32.1. The fourth-order valence-electron chi connectivity index (χ4n) is 1.56. The van der Waals surface area contributed by atoms with Crippen molar-refractivity contribution in [2.75, 3.05) is 25.1 Å². The molecule has 1 aliphatic rings. The lowest BCUT2D eigenvalue weighted by molar-refractivity contribution is 0.182. The second kappa shape index (κ2) is 4.07. The summed E-state index contributed by atoms with van der Waals surface area (Å²) in [5, 5.41) is 3.24. The predicted molar refractivity (Wildman–Crippen MR) is 54.3 cm³/mol. The van der Waals surface area contributed by atoms with Gasteiger partial charge >= 0.3 is 0 Å². The summed E-state index contributed by atoms with van der Waals surface area (Å²) in [4.78, 5) is 6.85. The Bertz CT molecular complexity index is 268. The van der Waals surface area contributed by atoms with Gasteiger partial charge in [0.2, 0.25) is 0 Å². The Labute approximate surface area is 82.3 Å². The summed E-state index contributed by atoms with van der Waals surface area (Å²) in [6, 6.07) is 0. The van der Waals surface area contributed by atoms with Gasteiger partial charge in [-0.15, -0.1) is 11.3 Å². The number of hydrogen-bond acceptors (Lipinski definition) is 4. The van der Waals surface area contributed by atoms with Gasteiger partial charge in [0.1, 0.15) is 0 Å². The van der Waals surface area contributed by atoms with E-state index in [0.717, 1.165) is 10.8 Å². The first-order chi connectivity index (χ1) is 6.40. The molecule has 1 fully saturated rings. The smallest absolute Gasteiger partial charge is 0.185 e. The molecule has 0 radical (unpaired) electrons. The van der Waals surface area contributed by atoms with Crippen molar-refractivity contribution in [2.45, 2.75) is 19.4 Å². The van der Waals surface area contributed by atoms with Crippen molar-refractivity contribution in [3.63, 3.8) is 0 Å². The van der Waals surface area contributed by atoms with Gasteiger partial charge in [-0.25, -0.2) is 4.98 Å². The Balaban J connectivity index is 2.03. The fourth-order valence-corrected chi connectivity index (χ4v) is 2.43. The highest BCUT2D eigenvalue weighted by molar-refractivity contribution is 7.13. The molecule has 3 nitrogen and oxygen atoms in total. The van der Waals surface area contributed by atoms with Crippen LogP contribution in [-0.4, -0.2) is 25.2 Å². The summed E-state index contributed by atoms with van der Waals surface area (Å²) in [6.45, 7) is 2.96. The number of thiazole rings is 1. The molecule has 0 aliphatic carbocycles. The molecule has 4 heteroatoms. The molecule has 1 saturated heterocycles. The van der Waals surface area contributed by atoms with Crippen molar-refractivity contribution >= 4 is 16.5 Å². The third-order valence-electron chi connectivity index (χ3n) is 2.21. The van der Waals surface area contributed by atoms with Crippen LogP contribution in [-0.2, 0) is 11.3 Å². The highest BCUT2D eigenvalue weighted by Gasteiger charge is 2.15. The van der Waals surface area contributed by atoms with E-state index in [-0.39, 0.29) is 0 Å². The van der Waals surface area contributed by atoms with Crippen LogP contribution in [0.1, 0.15) is 18.5 Å². The molecular weight excluding hydrogens is 184 g/mol. The number of anilines is 1. The van der Waals surface area contributed by atoms with E-state index in [1.165, 1.54) is 25.9 Å². The Kier molecular flexibility index (Phi) is 2.80. The lowest BCUT2D eigenvalue weighted by atomic mass is 10.4. The third-order valence-corrected chi connectivity index (χ3v) is 3.16. The van der Waals surface area contributed by atoms with Gasteiger partial charge in [-0.2, -0.15) is 0 Å². The Morgan fingerprint density at radius 1 is 1.54 bits per heavy atom. The van der Waals surface area contributed by atoms with Crippen molar-refractivity contribution in [1.82, 2.24) is 4.98 Å². The molecule has 72 valence electrons. The molecular formula is C9H14N2OS. The lowest BCUT2D eigenvalue weighted by Gasteiger charge is -2.12. The monoisotopic (exact) mass is 198 g/mol. The van der Waals surface area contributed by atoms with E-state index < -0.39 is 0 Å². The van der Waals surface area contributed by atoms with Crippen LogP contribution in [0.3, 0.4) is 0 Å². The Morgan fingerprint density at radius 3 is 3.00 bits per heavy atom. The topological polar surface area (TPSA) is 25.4 Å². The zero-order valence-electron chi connectivity index (χ0n) is 7.82. The van der Waals surface area contributed by atoms with Gasteiger partial charge in [0, 0.05) is 25.6 Å². The molecule has 0 bridgehead atoms. The lowest BCUT2D eigenvalue weighted by Crippen LogP contribution is -2.17. The second-order valence-electron chi connectivity index (χ2n) is 3.25. The van der Waals surface area contributed by atoms with Crippen LogP contribution < -0.4 is 4.90 Å². The molecule has 0 unspecified atom stereocenters. The number of ether oxygens (including phenoxy) is 1. The summed E-state index contributed by atoms with van der Waals surface area (Å²) in [5.74, 6) is 0. The molecule has 2 rings (SSSR count). The van der Waals surface area contributed by atoms with E-state index in [4.69, 9.17) is 4.74 Å². The number of rotatable bonds is 3. The zero-order valence-corrected chi connectivity index (χ0v) is 8.64. The normalized spacial score (nSPS) is 16.8. The van der Waals surface area contributed by atoms with E-state index in [1.54, 1.807) is 18.4 Å². The minimum atomic E-state index is 0.629. The van der Waals surface area contributed by atoms with Crippen molar-refractivity contribution in [3.05, 3.63) is 11.1 Å². The van der Waals surface area contributed by atoms with Crippen LogP contribution in [0.25, 0.3) is 0 Å². The third kappa shape index (κ3) is 2.00. The molecule has 0 atom stereocenters. The summed E-state index contributed by atoms with van der Waals surface area (Å²) >= 11 is 1.72. The predicted octanol–water partition coefficient (Wildman–Crippen LogP) is 1.89. The maximum absolute atomic E-state index is 5.03. The van der Waals surface area contributed by atoms with E-state index in [0.29, 0.717) is 6.61 Å². The van der Waals surface area contributed by atoms with Crippen LogP contribution in [0.5, 0.6) is 0 Å². The molecule has 13 heavy (non-hydrogen) atoms. The first-order valence-electron chi connectivity index (χ1n) is 4.58. The summed E-state index contributed by atoms with van der Waals surface area (Å²) in [5.41, 5.74) is 1.05. The molecule has 0 amide bonds. The van der Waals surface area contributed by atoms with Gasteiger partial charge in [-0.3, -0.25) is 0 Å². The van der Waals surface area contributed by atoms with Crippen LogP contribution in [0.15, 0.2) is 5.38 Å². The molecule has 0 spiro atoms. The van der Waals surface area contributed by atoms with Gasteiger partial charge in [0.25, 0.3) is 0 Å². The quantitative estimate of drug-likeness (QED) is 0.741. The fraction of sp³-hybridized carbons (Fsp3) is 0.667. The minimum Gasteiger partial charge on any atom is -0.378 e. The number of aromatic nitrogens is 1. The largest absolute Gasteiger partial charge is 0.378 e. The van der Waals surface area contributed by atoms with Crippen LogP contribution in [0.4, 0.5) is 5.13 Å². The van der Waals surface area contributed by atoms with Crippen molar-refractivity contribution in [3.8, 4) is 0 Å². The number of hydrogen-bond donors (Lipinski definition) is 0.